The van der Waals surface area contributed by atoms with Gasteiger partial charge in [-0.1, -0.05) is 33.3 Å². The molecule has 0 bridgehead atoms. The molecule has 1 aliphatic rings. The fourth-order valence-corrected chi connectivity index (χ4v) is 2.79. The summed E-state index contributed by atoms with van der Waals surface area (Å²) in [6.07, 6.45) is 5.93. The molecule has 0 radical (unpaired) electrons. The van der Waals surface area contributed by atoms with E-state index in [4.69, 9.17) is 0 Å². The van der Waals surface area contributed by atoms with Gasteiger partial charge < -0.3 is 10.2 Å². The summed E-state index contributed by atoms with van der Waals surface area (Å²) in [6.45, 7) is 7.86. The molecule has 0 spiro atoms. The molecule has 0 heterocycles. The Balaban J connectivity index is 0.00000225. The largest absolute Gasteiger partial charge is 1.00 e. The molecule has 1 rings (SSSR count). The van der Waals surface area contributed by atoms with Gasteiger partial charge in [0.25, 0.3) is 0 Å². The molecule has 0 aromatic heterocycles. The van der Waals surface area contributed by atoms with E-state index in [1.807, 2.05) is 13.0 Å². The summed E-state index contributed by atoms with van der Waals surface area (Å²) in [7, 11) is 0. The van der Waals surface area contributed by atoms with Crippen molar-refractivity contribution in [3.05, 3.63) is 12.2 Å². The van der Waals surface area contributed by atoms with Crippen LogP contribution in [0.5, 0.6) is 0 Å². The molecule has 3 unspecified atom stereocenters. The summed E-state index contributed by atoms with van der Waals surface area (Å²) in [5, 5.41) is 21.4. The van der Waals surface area contributed by atoms with Crippen molar-refractivity contribution in [1.82, 2.24) is 0 Å². The van der Waals surface area contributed by atoms with Crippen molar-refractivity contribution in [2.24, 2.45) is 11.3 Å². The fourth-order valence-electron chi connectivity index (χ4n) is 2.79. The van der Waals surface area contributed by atoms with Gasteiger partial charge in [0, 0.05) is 5.92 Å². The summed E-state index contributed by atoms with van der Waals surface area (Å²) in [5.74, 6) is 0.0927. The summed E-state index contributed by atoms with van der Waals surface area (Å²) in [5.41, 5.74) is -0.569. The second kappa shape index (κ2) is 6.46. The second-order valence-electron chi connectivity index (χ2n) is 5.77. The van der Waals surface area contributed by atoms with Crippen LogP contribution >= 0.6 is 0 Å². The van der Waals surface area contributed by atoms with E-state index in [-0.39, 0.29) is 62.7 Å². The Labute approximate surface area is 142 Å². The Morgan fingerprint density at radius 1 is 1.31 bits per heavy atom. The van der Waals surface area contributed by atoms with Gasteiger partial charge in [-0.3, -0.25) is 0 Å². The standard InChI is InChI=1S/C13H23O2.K/c1-10(14)6-7-11-12(2,3)8-5-9-13(11,4)15;/h6-7,10-11,15H,5,8-9H2,1-4H3;/q-1;+1/b7-6+;. The van der Waals surface area contributed by atoms with E-state index in [2.05, 4.69) is 13.8 Å². The van der Waals surface area contributed by atoms with Crippen molar-refractivity contribution in [3.8, 4) is 0 Å². The minimum Gasteiger partial charge on any atom is -0.849 e. The molecule has 3 atom stereocenters. The number of hydrogen-bond donors (Lipinski definition) is 1. The SMILES string of the molecule is CC([O-])/C=C/C1C(C)(C)CCCC1(C)O.[K+]. The number of hydrogen-bond acceptors (Lipinski definition) is 2. The van der Waals surface area contributed by atoms with Crippen molar-refractivity contribution < 1.29 is 61.6 Å². The number of rotatable bonds is 2. The monoisotopic (exact) mass is 250 g/mol. The van der Waals surface area contributed by atoms with Crippen LogP contribution in [0.4, 0.5) is 0 Å². The Kier molecular flexibility index (Phi) is 6.98. The zero-order valence-corrected chi connectivity index (χ0v) is 14.4. The Morgan fingerprint density at radius 2 is 1.88 bits per heavy atom. The average molecular weight is 250 g/mol. The molecule has 0 aromatic carbocycles. The normalized spacial score (nSPS) is 35.8. The van der Waals surface area contributed by atoms with Gasteiger partial charge in [-0.05, 0) is 25.2 Å². The average Bonchev–Trinajstić information content (AvgIpc) is 1.99. The molecule has 0 aliphatic heterocycles. The van der Waals surface area contributed by atoms with Crippen LogP contribution in [-0.2, 0) is 0 Å². The smallest absolute Gasteiger partial charge is 0.849 e. The minimum absolute atomic E-state index is 0. The molecule has 0 amide bonds. The van der Waals surface area contributed by atoms with Crippen LogP contribution in [0.2, 0.25) is 0 Å². The summed E-state index contributed by atoms with van der Waals surface area (Å²) in [4.78, 5) is 0. The zero-order valence-electron chi connectivity index (χ0n) is 11.3. The molecule has 1 N–H and O–H groups in total. The first-order chi connectivity index (χ1) is 6.76. The van der Waals surface area contributed by atoms with E-state index < -0.39 is 11.7 Å². The van der Waals surface area contributed by atoms with E-state index >= 15 is 0 Å². The van der Waals surface area contributed by atoms with E-state index in [1.54, 1.807) is 13.0 Å². The molecule has 88 valence electrons. The summed E-state index contributed by atoms with van der Waals surface area (Å²) in [6, 6.07) is 0. The minimum atomic E-state index is -0.682. The van der Waals surface area contributed by atoms with Crippen molar-refractivity contribution in [2.75, 3.05) is 0 Å². The third-order valence-corrected chi connectivity index (χ3v) is 3.59. The molecule has 0 saturated heterocycles. The van der Waals surface area contributed by atoms with Crippen molar-refractivity contribution in [2.45, 2.75) is 58.7 Å². The van der Waals surface area contributed by atoms with Gasteiger partial charge in [0.2, 0.25) is 0 Å². The van der Waals surface area contributed by atoms with Crippen LogP contribution in [0, 0.1) is 11.3 Å². The molecule has 1 saturated carbocycles. The molecule has 0 aromatic rings. The molecule has 16 heavy (non-hydrogen) atoms. The summed E-state index contributed by atoms with van der Waals surface area (Å²) >= 11 is 0. The van der Waals surface area contributed by atoms with E-state index in [9.17, 15) is 10.2 Å². The molecule has 1 fully saturated rings. The number of aliphatic hydroxyl groups is 1. The first-order valence-electron chi connectivity index (χ1n) is 5.82. The van der Waals surface area contributed by atoms with Gasteiger partial charge in [0.15, 0.2) is 0 Å². The molecule has 2 nitrogen and oxygen atoms in total. The van der Waals surface area contributed by atoms with E-state index in [0.29, 0.717) is 0 Å². The molecule has 3 heteroatoms. The second-order valence-corrected chi connectivity index (χ2v) is 5.77. The van der Waals surface area contributed by atoms with Crippen LogP contribution in [-0.4, -0.2) is 16.8 Å². The zero-order chi connectivity index (χ0) is 11.7. The van der Waals surface area contributed by atoms with Crippen LogP contribution in [0.25, 0.3) is 0 Å². The topological polar surface area (TPSA) is 43.3 Å². The fraction of sp³-hybridized carbons (Fsp3) is 0.846. The predicted molar refractivity (Wildman–Crippen MR) is 60.3 cm³/mol. The van der Waals surface area contributed by atoms with E-state index in [1.165, 1.54) is 0 Å². The first kappa shape index (κ1) is 17.3. The van der Waals surface area contributed by atoms with Crippen molar-refractivity contribution >= 4 is 0 Å². The van der Waals surface area contributed by atoms with Crippen molar-refractivity contribution in [1.29, 1.82) is 0 Å². The summed E-state index contributed by atoms with van der Waals surface area (Å²) < 4.78 is 0. The Hall–Kier alpha value is 1.30. The first-order valence-corrected chi connectivity index (χ1v) is 5.82. The molecule has 1 aliphatic carbocycles. The molecular formula is C13H23KO2. The quantitative estimate of drug-likeness (QED) is 0.498. The Bertz CT molecular complexity index is 228. The maximum absolute atomic E-state index is 11.0. The van der Waals surface area contributed by atoms with Gasteiger partial charge in [0.1, 0.15) is 0 Å². The third-order valence-electron chi connectivity index (χ3n) is 3.59. The van der Waals surface area contributed by atoms with Crippen LogP contribution < -0.4 is 56.5 Å². The van der Waals surface area contributed by atoms with Gasteiger partial charge in [-0.2, -0.15) is 0 Å². The van der Waals surface area contributed by atoms with E-state index in [0.717, 1.165) is 19.3 Å². The van der Waals surface area contributed by atoms with Crippen molar-refractivity contribution in [3.63, 3.8) is 0 Å². The molecular weight excluding hydrogens is 227 g/mol. The Morgan fingerprint density at radius 3 is 2.31 bits per heavy atom. The van der Waals surface area contributed by atoms with Gasteiger partial charge in [0.05, 0.1) is 5.60 Å². The van der Waals surface area contributed by atoms with Crippen LogP contribution in [0.15, 0.2) is 12.2 Å². The third kappa shape index (κ3) is 4.52. The van der Waals surface area contributed by atoms with Crippen LogP contribution in [0.1, 0.15) is 47.0 Å². The van der Waals surface area contributed by atoms with Gasteiger partial charge in [-0.25, -0.2) is 0 Å². The maximum Gasteiger partial charge on any atom is 1.00 e. The van der Waals surface area contributed by atoms with Crippen LogP contribution in [0.3, 0.4) is 0 Å². The van der Waals surface area contributed by atoms with Gasteiger partial charge >= 0.3 is 51.4 Å². The predicted octanol–water partition coefficient (Wildman–Crippen LogP) is -1.13. The van der Waals surface area contributed by atoms with Gasteiger partial charge in [-0.15, -0.1) is 12.2 Å². The maximum atomic E-state index is 11.0.